The largest absolute Gasteiger partial charge is 0.381 e. The number of carbonyl (C=O) groups is 1. The predicted octanol–water partition coefficient (Wildman–Crippen LogP) is 1.94. The van der Waals surface area contributed by atoms with Crippen molar-refractivity contribution in [2.75, 3.05) is 26.3 Å². The molecule has 0 heterocycles. The van der Waals surface area contributed by atoms with Gasteiger partial charge in [0.1, 0.15) is 0 Å². The van der Waals surface area contributed by atoms with Crippen LogP contribution in [0.1, 0.15) is 30.6 Å². The van der Waals surface area contributed by atoms with Gasteiger partial charge in [0.2, 0.25) is 10.0 Å². The molecule has 0 aliphatic rings. The molecule has 1 aromatic rings. The van der Waals surface area contributed by atoms with Crippen LogP contribution in [-0.2, 0) is 14.8 Å². The quantitative estimate of drug-likeness (QED) is 0.470. The number of hydrogen-bond acceptors (Lipinski definition) is 4. The summed E-state index contributed by atoms with van der Waals surface area (Å²) in [7, 11) is -3.57. The van der Waals surface area contributed by atoms with Crippen LogP contribution in [0.2, 0.25) is 0 Å². The van der Waals surface area contributed by atoms with Crippen LogP contribution in [0, 0.1) is 5.92 Å². The fourth-order valence-corrected chi connectivity index (χ4v) is 2.83. The van der Waals surface area contributed by atoms with Gasteiger partial charge in [-0.2, -0.15) is 0 Å². The van der Waals surface area contributed by atoms with E-state index in [-0.39, 0.29) is 17.3 Å². The van der Waals surface area contributed by atoms with Gasteiger partial charge in [-0.25, -0.2) is 13.1 Å². The molecule has 0 atom stereocenters. The molecule has 6 nitrogen and oxygen atoms in total. The van der Waals surface area contributed by atoms with Gasteiger partial charge in [-0.05, 0) is 36.6 Å². The first kappa shape index (κ1) is 20.3. The Bertz CT molecular complexity index is 624. The minimum absolute atomic E-state index is 0.114. The number of hydrogen-bond donors (Lipinski definition) is 2. The van der Waals surface area contributed by atoms with Gasteiger partial charge in [-0.3, -0.25) is 4.79 Å². The van der Waals surface area contributed by atoms with E-state index in [1.165, 1.54) is 30.3 Å². The van der Waals surface area contributed by atoms with Crippen LogP contribution in [-0.4, -0.2) is 40.6 Å². The van der Waals surface area contributed by atoms with Crippen molar-refractivity contribution >= 4 is 15.9 Å². The molecule has 0 radical (unpaired) electrons. The van der Waals surface area contributed by atoms with E-state index >= 15 is 0 Å². The molecule has 0 aromatic heterocycles. The molecule has 0 saturated carbocycles. The Labute approximate surface area is 144 Å². The third kappa shape index (κ3) is 7.25. The van der Waals surface area contributed by atoms with Gasteiger partial charge in [0.15, 0.2) is 0 Å². The van der Waals surface area contributed by atoms with E-state index in [0.29, 0.717) is 31.2 Å². The molecule has 0 aliphatic carbocycles. The molecule has 1 aromatic carbocycles. The number of amides is 1. The van der Waals surface area contributed by atoms with Crippen molar-refractivity contribution in [1.29, 1.82) is 0 Å². The summed E-state index contributed by atoms with van der Waals surface area (Å²) in [5.74, 6) is 0.261. The number of carbonyl (C=O) groups excluding carboxylic acids is 1. The van der Waals surface area contributed by atoms with E-state index in [0.717, 1.165) is 6.42 Å². The van der Waals surface area contributed by atoms with Crippen LogP contribution in [0.25, 0.3) is 0 Å². The molecule has 0 unspecified atom stereocenters. The van der Waals surface area contributed by atoms with E-state index in [4.69, 9.17) is 4.74 Å². The second-order valence-electron chi connectivity index (χ2n) is 5.74. The van der Waals surface area contributed by atoms with Gasteiger partial charge in [0.05, 0.1) is 4.90 Å². The van der Waals surface area contributed by atoms with E-state index in [1.54, 1.807) is 0 Å². The van der Waals surface area contributed by atoms with Crippen molar-refractivity contribution in [3.63, 3.8) is 0 Å². The average Bonchev–Trinajstić information content (AvgIpc) is 2.56. The molecule has 0 bridgehead atoms. The predicted molar refractivity (Wildman–Crippen MR) is 94.4 cm³/mol. The summed E-state index contributed by atoms with van der Waals surface area (Å²) in [6.45, 7) is 9.61. The van der Waals surface area contributed by atoms with Gasteiger partial charge in [0.25, 0.3) is 5.91 Å². The highest BCUT2D eigenvalue weighted by Gasteiger charge is 2.13. The Morgan fingerprint density at radius 1 is 1.29 bits per heavy atom. The number of sulfonamides is 1. The fraction of sp³-hybridized carbons (Fsp3) is 0.471. The highest BCUT2D eigenvalue weighted by molar-refractivity contribution is 7.89. The molecule has 24 heavy (non-hydrogen) atoms. The summed E-state index contributed by atoms with van der Waals surface area (Å²) >= 11 is 0. The Morgan fingerprint density at radius 3 is 2.54 bits per heavy atom. The number of ether oxygens (including phenoxy) is 1. The molecule has 0 saturated heterocycles. The first-order valence-corrected chi connectivity index (χ1v) is 9.41. The van der Waals surface area contributed by atoms with Crippen molar-refractivity contribution in [3.8, 4) is 0 Å². The molecule has 2 N–H and O–H groups in total. The van der Waals surface area contributed by atoms with Crippen LogP contribution < -0.4 is 10.0 Å². The zero-order valence-corrected chi connectivity index (χ0v) is 15.1. The second kappa shape index (κ2) is 10.2. The molecule has 1 amide bonds. The zero-order chi connectivity index (χ0) is 18.0. The van der Waals surface area contributed by atoms with Crippen LogP contribution in [0.3, 0.4) is 0 Å². The lowest BCUT2D eigenvalue weighted by molar-refractivity contribution is 0.0925. The van der Waals surface area contributed by atoms with Crippen molar-refractivity contribution in [1.82, 2.24) is 10.0 Å². The maximum atomic E-state index is 12.0. The molecule has 0 spiro atoms. The molecule has 134 valence electrons. The monoisotopic (exact) mass is 354 g/mol. The summed E-state index contributed by atoms with van der Waals surface area (Å²) < 4.78 is 31.6. The Kier molecular flexibility index (Phi) is 8.67. The van der Waals surface area contributed by atoms with Crippen LogP contribution in [0.4, 0.5) is 0 Å². The molecular weight excluding hydrogens is 328 g/mol. The summed E-state index contributed by atoms with van der Waals surface area (Å²) in [6, 6.07) is 5.80. The number of benzene rings is 1. The normalized spacial score (nSPS) is 11.5. The third-order valence-corrected chi connectivity index (χ3v) is 4.49. The summed E-state index contributed by atoms with van der Waals surface area (Å²) in [4.78, 5) is 12.1. The van der Waals surface area contributed by atoms with Gasteiger partial charge in [0, 0.05) is 31.9 Å². The van der Waals surface area contributed by atoms with Gasteiger partial charge < -0.3 is 10.1 Å². The van der Waals surface area contributed by atoms with Gasteiger partial charge >= 0.3 is 0 Å². The number of nitrogens with one attached hydrogen (secondary N) is 2. The summed E-state index contributed by atoms with van der Waals surface area (Å²) in [6.07, 6.45) is 2.20. The summed E-state index contributed by atoms with van der Waals surface area (Å²) in [5.41, 5.74) is 0.417. The molecule has 0 aliphatic heterocycles. The van der Waals surface area contributed by atoms with Crippen LogP contribution in [0.15, 0.2) is 41.8 Å². The average molecular weight is 354 g/mol. The first-order chi connectivity index (χ1) is 11.4. The maximum absolute atomic E-state index is 12.0. The smallest absolute Gasteiger partial charge is 0.251 e. The topological polar surface area (TPSA) is 84.5 Å². The lowest BCUT2D eigenvalue weighted by Crippen LogP contribution is -2.26. The first-order valence-electron chi connectivity index (χ1n) is 7.93. The van der Waals surface area contributed by atoms with E-state index < -0.39 is 10.0 Å². The molecular formula is C17H26N2O4S. The SMILES string of the molecule is C=CCNS(=O)(=O)c1ccc(C(=O)NCCCOCC(C)C)cc1. The highest BCUT2D eigenvalue weighted by Crippen LogP contribution is 2.10. The highest BCUT2D eigenvalue weighted by atomic mass is 32.2. The second-order valence-corrected chi connectivity index (χ2v) is 7.51. The third-order valence-electron chi connectivity index (χ3n) is 3.05. The standard InChI is InChI=1S/C17H26N2O4S/c1-4-10-19-24(21,22)16-8-6-15(7-9-16)17(20)18-11-5-12-23-13-14(2)3/h4,6-9,14,19H,1,5,10-13H2,2-3H3,(H,18,20). The van der Waals surface area contributed by atoms with Gasteiger partial charge in [-0.15, -0.1) is 6.58 Å². The number of rotatable bonds is 11. The summed E-state index contributed by atoms with van der Waals surface area (Å²) in [5, 5.41) is 2.78. The molecule has 1 rings (SSSR count). The van der Waals surface area contributed by atoms with Crippen LogP contribution in [0.5, 0.6) is 0 Å². The molecule has 7 heteroatoms. The lowest BCUT2D eigenvalue weighted by Gasteiger charge is -2.08. The van der Waals surface area contributed by atoms with Crippen molar-refractivity contribution in [2.24, 2.45) is 5.92 Å². The zero-order valence-electron chi connectivity index (χ0n) is 14.2. The minimum atomic E-state index is -3.57. The Hall–Kier alpha value is -1.70. The Balaban J connectivity index is 2.45. The van der Waals surface area contributed by atoms with Crippen molar-refractivity contribution in [3.05, 3.63) is 42.5 Å². The minimum Gasteiger partial charge on any atom is -0.381 e. The Morgan fingerprint density at radius 2 is 1.96 bits per heavy atom. The van der Waals surface area contributed by atoms with Crippen molar-refractivity contribution < 1.29 is 17.9 Å². The van der Waals surface area contributed by atoms with E-state index in [1.807, 2.05) is 0 Å². The van der Waals surface area contributed by atoms with Gasteiger partial charge in [-0.1, -0.05) is 19.9 Å². The van der Waals surface area contributed by atoms with Crippen molar-refractivity contribution in [2.45, 2.75) is 25.2 Å². The molecule has 0 fully saturated rings. The fourth-order valence-electron chi connectivity index (χ4n) is 1.83. The maximum Gasteiger partial charge on any atom is 0.251 e. The van der Waals surface area contributed by atoms with Crippen LogP contribution >= 0.6 is 0 Å². The lowest BCUT2D eigenvalue weighted by atomic mass is 10.2. The van der Waals surface area contributed by atoms with E-state index in [9.17, 15) is 13.2 Å². The van der Waals surface area contributed by atoms with E-state index in [2.05, 4.69) is 30.5 Å².